The highest BCUT2D eigenvalue weighted by Crippen LogP contribution is 2.33. The minimum Gasteiger partial charge on any atom is -0.321 e. The van der Waals surface area contributed by atoms with Crippen molar-refractivity contribution in [2.75, 3.05) is 0 Å². The molecule has 8 heteroatoms. The number of hydrogen-bond acceptors (Lipinski definition) is 2. The van der Waals surface area contributed by atoms with Gasteiger partial charge in [-0.1, -0.05) is 23.2 Å². The van der Waals surface area contributed by atoms with Gasteiger partial charge in [0.25, 0.3) is 5.56 Å². The second-order valence-corrected chi connectivity index (χ2v) is 5.79. The zero-order valence-corrected chi connectivity index (χ0v) is 10.6. The van der Waals surface area contributed by atoms with Crippen molar-refractivity contribution >= 4 is 47.0 Å². The van der Waals surface area contributed by atoms with Crippen LogP contribution in [-0.4, -0.2) is 14.8 Å². The molecule has 0 saturated heterocycles. The van der Waals surface area contributed by atoms with Crippen molar-refractivity contribution in [1.29, 1.82) is 0 Å². The predicted octanol–water partition coefficient (Wildman–Crippen LogP) is 1.64. The number of aromatic amines is 1. The van der Waals surface area contributed by atoms with E-state index in [0.29, 0.717) is 15.9 Å². The van der Waals surface area contributed by atoms with Crippen LogP contribution in [0, 0.1) is 0 Å². The van der Waals surface area contributed by atoms with Gasteiger partial charge in [0, 0.05) is 10.4 Å². The molecule has 0 amide bonds. The molecule has 0 aliphatic heterocycles. The number of H-pyrrole nitrogens is 1. The van der Waals surface area contributed by atoms with Gasteiger partial charge in [0.05, 0.1) is 10.5 Å². The first-order valence-electron chi connectivity index (χ1n) is 4.37. The van der Waals surface area contributed by atoms with E-state index in [4.69, 9.17) is 33.0 Å². The number of halogens is 2. The van der Waals surface area contributed by atoms with E-state index < -0.39 is 18.5 Å². The Kier molecular flexibility index (Phi) is 3.06. The van der Waals surface area contributed by atoms with Crippen LogP contribution in [0.5, 0.6) is 0 Å². The van der Waals surface area contributed by atoms with Gasteiger partial charge in [-0.25, -0.2) is 0 Å². The number of benzene rings is 1. The molecule has 0 aliphatic carbocycles. The van der Waals surface area contributed by atoms with Crippen LogP contribution in [0.25, 0.3) is 10.9 Å². The third kappa shape index (κ3) is 2.39. The normalized spacial score (nSPS) is 12.0. The maximum atomic E-state index is 11.5. The second kappa shape index (κ2) is 4.12. The maximum Gasteiger partial charge on any atom is 0.361 e. The van der Waals surface area contributed by atoms with E-state index in [1.807, 2.05) is 0 Å². The zero-order chi connectivity index (χ0) is 12.8. The van der Waals surface area contributed by atoms with Crippen molar-refractivity contribution < 1.29 is 14.4 Å². The Balaban J connectivity index is 2.91. The molecule has 5 nitrogen and oxygen atoms in total. The molecule has 0 fully saturated rings. The van der Waals surface area contributed by atoms with E-state index in [1.54, 1.807) is 0 Å². The molecule has 0 atom stereocenters. The molecule has 1 heterocycles. The Hall–Kier alpha value is -0.840. The molecular formula is C9H6Cl2NO4P. The quantitative estimate of drug-likeness (QED) is 0.697. The molecule has 0 unspecified atom stereocenters. The molecule has 1 aromatic carbocycles. The number of fused-ring (bicyclic) bond motifs is 1. The molecule has 2 aromatic rings. The van der Waals surface area contributed by atoms with Crippen molar-refractivity contribution in [1.82, 2.24) is 4.98 Å². The number of nitrogens with one attached hydrogen (secondary N) is 1. The highest BCUT2D eigenvalue weighted by Gasteiger charge is 2.22. The van der Waals surface area contributed by atoms with Crippen LogP contribution >= 0.6 is 30.8 Å². The van der Waals surface area contributed by atoms with Gasteiger partial charge < -0.3 is 14.8 Å². The van der Waals surface area contributed by atoms with Crippen LogP contribution in [0.1, 0.15) is 0 Å². The highest BCUT2D eigenvalue weighted by molar-refractivity contribution is 7.60. The summed E-state index contributed by atoms with van der Waals surface area (Å²) >= 11 is 11.6. The van der Waals surface area contributed by atoms with Crippen molar-refractivity contribution in [2.24, 2.45) is 0 Å². The SMILES string of the molecule is O=c1[nH]c2cc(Cl)cc(Cl)c2cc1P(=O)(O)O. The minimum absolute atomic E-state index is 0.207. The highest BCUT2D eigenvalue weighted by atomic mass is 35.5. The number of rotatable bonds is 1. The molecule has 0 radical (unpaired) electrons. The van der Waals surface area contributed by atoms with Crippen LogP contribution in [0.15, 0.2) is 23.0 Å². The van der Waals surface area contributed by atoms with Crippen LogP contribution in [0.3, 0.4) is 0 Å². The summed E-state index contributed by atoms with van der Waals surface area (Å²) in [7, 11) is -4.63. The average molecular weight is 294 g/mol. The fraction of sp³-hybridized carbons (Fsp3) is 0. The lowest BCUT2D eigenvalue weighted by molar-refractivity contribution is 0.387. The maximum absolute atomic E-state index is 11.5. The van der Waals surface area contributed by atoms with Gasteiger partial charge >= 0.3 is 7.60 Å². The number of hydrogen-bond donors (Lipinski definition) is 3. The van der Waals surface area contributed by atoms with Crippen LogP contribution in [-0.2, 0) is 4.57 Å². The molecule has 1 aromatic heterocycles. The fourth-order valence-corrected chi connectivity index (χ4v) is 2.61. The topological polar surface area (TPSA) is 90.4 Å². The standard InChI is InChI=1S/C9H6Cl2NO4P/c10-4-1-6(11)5-3-8(17(14,15)16)9(13)12-7(5)2-4/h1-3H,(H,12,13)(H2,14,15,16). The third-order valence-electron chi connectivity index (χ3n) is 2.17. The Morgan fingerprint density at radius 3 is 2.41 bits per heavy atom. The smallest absolute Gasteiger partial charge is 0.321 e. The Labute approximate surface area is 105 Å². The molecular weight excluding hydrogens is 288 g/mol. The first kappa shape index (κ1) is 12.6. The van der Waals surface area contributed by atoms with E-state index in [-0.39, 0.29) is 5.02 Å². The zero-order valence-electron chi connectivity index (χ0n) is 8.15. The van der Waals surface area contributed by atoms with Crippen molar-refractivity contribution in [2.45, 2.75) is 0 Å². The van der Waals surface area contributed by atoms with Gasteiger partial charge in [0.2, 0.25) is 0 Å². The van der Waals surface area contributed by atoms with Gasteiger partial charge in [-0.2, -0.15) is 0 Å². The van der Waals surface area contributed by atoms with E-state index in [2.05, 4.69) is 4.98 Å². The summed E-state index contributed by atoms with van der Waals surface area (Å²) in [6.45, 7) is 0. The lowest BCUT2D eigenvalue weighted by Crippen LogP contribution is -2.26. The summed E-state index contributed by atoms with van der Waals surface area (Å²) in [5.74, 6) is 0. The molecule has 3 N–H and O–H groups in total. The third-order valence-corrected chi connectivity index (χ3v) is 3.66. The lowest BCUT2D eigenvalue weighted by Gasteiger charge is -2.06. The summed E-state index contributed by atoms with van der Waals surface area (Å²) in [5, 5.41) is 0.240. The first-order valence-corrected chi connectivity index (χ1v) is 6.74. The summed E-state index contributed by atoms with van der Waals surface area (Å²) in [4.78, 5) is 31.8. The van der Waals surface area contributed by atoms with Gasteiger partial charge in [0.1, 0.15) is 5.30 Å². The monoisotopic (exact) mass is 293 g/mol. The Morgan fingerprint density at radius 2 is 1.82 bits per heavy atom. The Morgan fingerprint density at radius 1 is 1.18 bits per heavy atom. The summed E-state index contributed by atoms with van der Waals surface area (Å²) < 4.78 is 11.1. The predicted molar refractivity (Wildman–Crippen MR) is 66.3 cm³/mol. The summed E-state index contributed by atoms with van der Waals surface area (Å²) in [5.41, 5.74) is -0.533. The molecule has 17 heavy (non-hydrogen) atoms. The average Bonchev–Trinajstić information content (AvgIpc) is 2.13. The van der Waals surface area contributed by atoms with E-state index in [9.17, 15) is 9.36 Å². The molecule has 0 spiro atoms. The van der Waals surface area contributed by atoms with Crippen molar-refractivity contribution in [3.8, 4) is 0 Å². The van der Waals surface area contributed by atoms with E-state index >= 15 is 0 Å². The van der Waals surface area contributed by atoms with Crippen LogP contribution in [0.4, 0.5) is 0 Å². The fourth-order valence-electron chi connectivity index (χ4n) is 1.44. The summed E-state index contributed by atoms with van der Waals surface area (Å²) in [6.07, 6.45) is 0. The lowest BCUT2D eigenvalue weighted by atomic mass is 10.2. The number of pyridine rings is 1. The van der Waals surface area contributed by atoms with Crippen LogP contribution < -0.4 is 10.9 Å². The van der Waals surface area contributed by atoms with E-state index in [1.165, 1.54) is 12.1 Å². The molecule has 0 saturated carbocycles. The number of aromatic nitrogens is 1. The van der Waals surface area contributed by atoms with E-state index in [0.717, 1.165) is 6.07 Å². The molecule has 0 bridgehead atoms. The first-order chi connectivity index (χ1) is 7.79. The largest absolute Gasteiger partial charge is 0.361 e. The molecule has 90 valence electrons. The van der Waals surface area contributed by atoms with Gasteiger partial charge in [-0.05, 0) is 18.2 Å². The van der Waals surface area contributed by atoms with Gasteiger partial charge in [-0.15, -0.1) is 0 Å². The van der Waals surface area contributed by atoms with Crippen molar-refractivity contribution in [3.63, 3.8) is 0 Å². The minimum atomic E-state index is -4.63. The molecule has 2 rings (SSSR count). The van der Waals surface area contributed by atoms with Crippen LogP contribution in [0.2, 0.25) is 10.0 Å². The Bertz CT molecular complexity index is 706. The molecule has 0 aliphatic rings. The van der Waals surface area contributed by atoms with Gasteiger partial charge in [0.15, 0.2) is 0 Å². The van der Waals surface area contributed by atoms with Gasteiger partial charge in [-0.3, -0.25) is 9.36 Å². The van der Waals surface area contributed by atoms with Crippen molar-refractivity contribution in [3.05, 3.63) is 38.6 Å². The second-order valence-electron chi connectivity index (χ2n) is 3.38. The summed E-state index contributed by atoms with van der Waals surface area (Å²) in [6, 6.07) is 3.95.